The Balaban J connectivity index is 1.58. The van der Waals surface area contributed by atoms with Crippen molar-refractivity contribution in [3.05, 3.63) is 98.6 Å². The van der Waals surface area contributed by atoms with Crippen molar-refractivity contribution >= 4 is 23.0 Å². The third-order valence-electron chi connectivity index (χ3n) is 6.67. The highest BCUT2D eigenvalue weighted by molar-refractivity contribution is 5.95. The normalized spacial score (nSPS) is 20.7. The largest absolute Gasteiger partial charge is 0.488 e. The Kier molecular flexibility index (Phi) is 6.42. The van der Waals surface area contributed by atoms with E-state index in [1.165, 1.54) is 24.3 Å². The van der Waals surface area contributed by atoms with Crippen molar-refractivity contribution < 1.29 is 23.5 Å². The lowest BCUT2D eigenvalue weighted by Crippen LogP contribution is -2.48. The summed E-state index contributed by atoms with van der Waals surface area (Å²) in [6, 6.07) is 13.2. The van der Waals surface area contributed by atoms with Crippen molar-refractivity contribution in [2.45, 2.75) is 25.2 Å². The second-order valence-electron chi connectivity index (χ2n) is 9.16. The first kappa shape index (κ1) is 23.9. The van der Waals surface area contributed by atoms with E-state index in [2.05, 4.69) is 5.32 Å². The van der Waals surface area contributed by atoms with E-state index in [9.17, 15) is 24.0 Å². The van der Waals surface area contributed by atoms with E-state index in [1.807, 2.05) is 11.9 Å². The molecule has 2 heterocycles. The molecule has 2 aliphatic heterocycles. The molecule has 186 valence electrons. The van der Waals surface area contributed by atoms with Gasteiger partial charge in [0, 0.05) is 29.8 Å². The molecule has 3 aromatic rings. The molecule has 7 nitrogen and oxygen atoms in total. The number of halogens is 2. The lowest BCUT2D eigenvalue weighted by atomic mass is 9.92. The van der Waals surface area contributed by atoms with Crippen LogP contribution in [0.1, 0.15) is 28.7 Å². The highest BCUT2D eigenvalue weighted by Crippen LogP contribution is 2.39. The molecule has 0 amide bonds. The Hall–Kier alpha value is -3.82. The van der Waals surface area contributed by atoms with E-state index < -0.39 is 22.7 Å². The summed E-state index contributed by atoms with van der Waals surface area (Å²) in [4.78, 5) is 13.5. The van der Waals surface area contributed by atoms with Gasteiger partial charge >= 0.3 is 0 Å². The number of aliphatic hydroxyl groups is 1. The van der Waals surface area contributed by atoms with Crippen LogP contribution in [0.2, 0.25) is 0 Å². The van der Waals surface area contributed by atoms with Gasteiger partial charge in [-0.05, 0) is 67.1 Å². The molecule has 0 radical (unpaired) electrons. The number of nitro benzene ring substituents is 1. The summed E-state index contributed by atoms with van der Waals surface area (Å²) in [6.45, 7) is 1.18. The Labute approximate surface area is 206 Å². The molecule has 1 saturated heterocycles. The molecule has 36 heavy (non-hydrogen) atoms. The molecule has 0 unspecified atom stereocenters. The first-order valence-electron chi connectivity index (χ1n) is 11.6. The topological polar surface area (TPSA) is 87.9 Å². The highest BCUT2D eigenvalue weighted by Gasteiger charge is 2.28. The molecule has 1 fully saturated rings. The zero-order chi connectivity index (χ0) is 25.4. The quantitative estimate of drug-likeness (QED) is 0.400. The van der Waals surface area contributed by atoms with Gasteiger partial charge in [0.05, 0.1) is 17.1 Å². The number of fused-ring (bicyclic) bond motifs is 2. The predicted octanol–water partition coefficient (Wildman–Crippen LogP) is 4.83. The van der Waals surface area contributed by atoms with Gasteiger partial charge in [0.15, 0.2) is 0 Å². The maximum atomic E-state index is 14.7. The fourth-order valence-corrected chi connectivity index (χ4v) is 4.78. The number of likely N-dealkylation sites (tertiary alicyclic amines) is 1. The summed E-state index contributed by atoms with van der Waals surface area (Å²) < 4.78 is 34.3. The van der Waals surface area contributed by atoms with Gasteiger partial charge in [0.2, 0.25) is 0 Å². The second-order valence-corrected chi connectivity index (χ2v) is 9.16. The number of nitro groups is 1. The average Bonchev–Trinajstić information content (AvgIpc) is 2.99. The van der Waals surface area contributed by atoms with Crippen molar-refractivity contribution in [1.29, 1.82) is 0 Å². The predicted molar refractivity (Wildman–Crippen MR) is 133 cm³/mol. The van der Waals surface area contributed by atoms with Crippen molar-refractivity contribution in [2.75, 3.05) is 25.5 Å². The lowest BCUT2D eigenvalue weighted by molar-refractivity contribution is -0.384. The lowest BCUT2D eigenvalue weighted by Gasteiger charge is -2.34. The fourth-order valence-electron chi connectivity index (χ4n) is 4.78. The first-order chi connectivity index (χ1) is 17.3. The molecule has 2 aliphatic rings. The second kappa shape index (κ2) is 9.67. The van der Waals surface area contributed by atoms with Crippen LogP contribution in [-0.4, -0.2) is 47.2 Å². The number of hydrogen-bond acceptors (Lipinski definition) is 6. The number of β-amino-alcohol motifs (C(OH)–C–C–N with tert-alkyl or cyclic N) is 1. The minimum absolute atomic E-state index is 0.0717. The summed E-state index contributed by atoms with van der Waals surface area (Å²) in [7, 11) is 1.92. The molecule has 9 heteroatoms. The Bertz CT molecular complexity index is 1360. The first-order valence-corrected chi connectivity index (χ1v) is 11.6. The van der Waals surface area contributed by atoms with E-state index in [0.717, 1.165) is 6.54 Å². The van der Waals surface area contributed by atoms with Gasteiger partial charge in [-0.1, -0.05) is 18.2 Å². The van der Waals surface area contributed by atoms with Gasteiger partial charge in [0.25, 0.3) is 5.69 Å². The van der Waals surface area contributed by atoms with E-state index in [4.69, 9.17) is 4.74 Å². The van der Waals surface area contributed by atoms with Crippen LogP contribution in [0.5, 0.6) is 5.75 Å². The average molecular weight is 494 g/mol. The van der Waals surface area contributed by atoms with Crippen LogP contribution in [-0.2, 0) is 6.61 Å². The SMILES string of the molecule is CN1CC[C@@H](Nc2ccc(C=C3c4ccc(F)cc4OCc4c(F)cccc43)cc2[N+](=O)[O-])[C@H](O)C1. The molecule has 5 rings (SSSR count). The number of benzene rings is 3. The number of nitrogens with zero attached hydrogens (tertiary/aromatic N) is 2. The van der Waals surface area contributed by atoms with E-state index in [1.54, 1.807) is 36.4 Å². The monoisotopic (exact) mass is 493 g/mol. The number of aliphatic hydroxyl groups excluding tert-OH is 1. The van der Waals surface area contributed by atoms with Crippen LogP contribution in [0.15, 0.2) is 54.6 Å². The zero-order valence-electron chi connectivity index (χ0n) is 19.6. The minimum atomic E-state index is -0.653. The molecular formula is C27H25F2N3O4. The van der Waals surface area contributed by atoms with Gasteiger partial charge in [0.1, 0.15) is 29.7 Å². The van der Waals surface area contributed by atoms with Crippen LogP contribution in [0.25, 0.3) is 11.6 Å². The number of nitrogens with one attached hydrogen (secondary N) is 1. The zero-order valence-corrected chi connectivity index (χ0v) is 19.6. The third-order valence-corrected chi connectivity index (χ3v) is 6.67. The summed E-state index contributed by atoms with van der Waals surface area (Å²) in [5, 5.41) is 25.5. The van der Waals surface area contributed by atoms with Crippen LogP contribution in [0.4, 0.5) is 20.2 Å². The van der Waals surface area contributed by atoms with E-state index >= 15 is 0 Å². The molecule has 0 saturated carbocycles. The van der Waals surface area contributed by atoms with Crippen LogP contribution < -0.4 is 10.1 Å². The third kappa shape index (κ3) is 4.67. The number of likely N-dealkylation sites (N-methyl/N-ethyl adjacent to an activating group) is 1. The molecule has 3 aromatic carbocycles. The van der Waals surface area contributed by atoms with Crippen molar-refractivity contribution in [2.24, 2.45) is 0 Å². The van der Waals surface area contributed by atoms with Crippen LogP contribution in [0.3, 0.4) is 0 Å². The summed E-state index contributed by atoms with van der Waals surface area (Å²) >= 11 is 0. The van der Waals surface area contributed by atoms with Crippen molar-refractivity contribution in [3.8, 4) is 5.75 Å². The molecule has 0 spiro atoms. The number of anilines is 1. The molecular weight excluding hydrogens is 468 g/mol. The number of rotatable bonds is 4. The van der Waals surface area contributed by atoms with Gasteiger partial charge < -0.3 is 20.1 Å². The van der Waals surface area contributed by atoms with Gasteiger partial charge in [-0.15, -0.1) is 0 Å². The van der Waals surface area contributed by atoms with E-state index in [-0.39, 0.29) is 24.1 Å². The van der Waals surface area contributed by atoms with Crippen LogP contribution >= 0.6 is 0 Å². The van der Waals surface area contributed by atoms with Crippen molar-refractivity contribution in [3.63, 3.8) is 0 Å². The molecule has 2 N–H and O–H groups in total. The Morgan fingerprint density at radius 1 is 1.17 bits per heavy atom. The highest BCUT2D eigenvalue weighted by atomic mass is 19.1. The fraction of sp³-hybridized carbons (Fsp3) is 0.259. The molecule has 0 aliphatic carbocycles. The Morgan fingerprint density at radius 3 is 2.78 bits per heavy atom. The minimum Gasteiger partial charge on any atom is -0.488 e. The van der Waals surface area contributed by atoms with Gasteiger partial charge in [-0.3, -0.25) is 10.1 Å². The molecule has 2 atom stereocenters. The van der Waals surface area contributed by atoms with Gasteiger partial charge in [-0.25, -0.2) is 8.78 Å². The number of ether oxygens (including phenoxy) is 1. The maximum absolute atomic E-state index is 14.7. The Morgan fingerprint density at radius 2 is 2.00 bits per heavy atom. The smallest absolute Gasteiger partial charge is 0.292 e. The molecule has 0 bridgehead atoms. The van der Waals surface area contributed by atoms with Gasteiger partial charge in [-0.2, -0.15) is 0 Å². The molecule has 0 aromatic heterocycles. The van der Waals surface area contributed by atoms with E-state index in [0.29, 0.717) is 46.5 Å². The summed E-state index contributed by atoms with van der Waals surface area (Å²) in [5.74, 6) is -0.670. The standard InChI is InChI=1S/C27H25F2N3O4/c1-31-10-9-24(26(33)14-31)30-23-8-5-16(12-25(23)32(34)35)11-20-18-3-2-4-22(29)21(18)15-36-27-13-17(28)6-7-19(20)27/h2-8,11-13,24,26,30,33H,9-10,14-15H2,1H3/t24-,26-/m1/s1. The van der Waals surface area contributed by atoms with Crippen molar-refractivity contribution in [1.82, 2.24) is 4.90 Å². The maximum Gasteiger partial charge on any atom is 0.292 e. The van der Waals surface area contributed by atoms with Crippen LogP contribution in [0, 0.1) is 21.7 Å². The summed E-state index contributed by atoms with van der Waals surface area (Å²) in [5.41, 5.74) is 2.70. The number of hydrogen-bond donors (Lipinski definition) is 2. The number of piperidine rings is 1. The summed E-state index contributed by atoms with van der Waals surface area (Å²) in [6.07, 6.45) is 1.71.